The molecule has 1 aromatic heterocycles. The largest absolute Gasteiger partial charge is 0.359 e. The minimum atomic E-state index is -0.463. The molecule has 0 radical (unpaired) electrons. The van der Waals surface area contributed by atoms with Crippen LogP contribution in [-0.2, 0) is 4.79 Å². The van der Waals surface area contributed by atoms with Crippen LogP contribution in [0.2, 0.25) is 0 Å². The molecule has 4 rings (SSSR count). The van der Waals surface area contributed by atoms with E-state index in [2.05, 4.69) is 27.2 Å². The van der Waals surface area contributed by atoms with Gasteiger partial charge in [-0.3, -0.25) is 9.59 Å². The van der Waals surface area contributed by atoms with E-state index in [4.69, 9.17) is 9.78 Å². The molecule has 0 aliphatic carbocycles. The topological polar surface area (TPSA) is 140 Å². The zero-order valence-electron chi connectivity index (χ0n) is 21.4. The number of piperidine rings is 1. The maximum absolute atomic E-state index is 13.2. The molecule has 0 saturated carbocycles. The number of carbonyl (C=O) groups excluding carboxylic acids is 3. The summed E-state index contributed by atoms with van der Waals surface area (Å²) in [5.41, 5.74) is 4.18. The average molecular weight is 515 g/mol. The summed E-state index contributed by atoms with van der Waals surface area (Å²) in [5.74, 6) is 0.508. The van der Waals surface area contributed by atoms with Crippen LogP contribution in [0.15, 0.2) is 53.2 Å². The number of nitrogens with one attached hydrogen (secondary N) is 3. The van der Waals surface area contributed by atoms with Gasteiger partial charge in [0.1, 0.15) is 5.69 Å². The normalized spacial score (nSPS) is 13.4. The van der Waals surface area contributed by atoms with Crippen LogP contribution in [0, 0.1) is 25.2 Å². The lowest BCUT2D eigenvalue weighted by molar-refractivity contribution is -0.116. The first kappa shape index (κ1) is 26.4. The van der Waals surface area contributed by atoms with Crippen molar-refractivity contribution in [1.82, 2.24) is 15.4 Å². The van der Waals surface area contributed by atoms with Crippen LogP contribution < -0.4 is 16.0 Å². The van der Waals surface area contributed by atoms with Crippen molar-refractivity contribution in [3.63, 3.8) is 0 Å². The Morgan fingerprint density at radius 2 is 1.79 bits per heavy atom. The third-order valence-electron chi connectivity index (χ3n) is 6.69. The molecule has 38 heavy (non-hydrogen) atoms. The predicted octanol–water partition coefficient (Wildman–Crippen LogP) is 4.33. The van der Waals surface area contributed by atoms with Crippen molar-refractivity contribution >= 4 is 29.2 Å². The van der Waals surface area contributed by atoms with Gasteiger partial charge in [-0.15, -0.1) is 0 Å². The molecular weight excluding hydrogens is 484 g/mol. The summed E-state index contributed by atoms with van der Waals surface area (Å²) >= 11 is 0. The zero-order chi connectivity index (χ0) is 27.1. The maximum Gasteiger partial charge on any atom is 0.319 e. The molecule has 0 atom stereocenters. The Bertz CT molecular complexity index is 1350. The summed E-state index contributed by atoms with van der Waals surface area (Å²) in [5, 5.41) is 20.7. The summed E-state index contributed by atoms with van der Waals surface area (Å²) in [4.78, 5) is 39.5. The number of amides is 4. The minimum absolute atomic E-state index is 0.0764. The number of hydrogen-bond acceptors (Lipinski definition) is 6. The number of carbonyl (C=O) groups is 3. The van der Waals surface area contributed by atoms with Crippen molar-refractivity contribution in [2.75, 3.05) is 30.3 Å². The molecule has 10 nitrogen and oxygen atoms in total. The van der Waals surface area contributed by atoms with E-state index < -0.39 is 6.03 Å². The maximum atomic E-state index is 13.2. The van der Waals surface area contributed by atoms with E-state index in [1.54, 1.807) is 25.1 Å². The van der Waals surface area contributed by atoms with E-state index in [0.29, 0.717) is 47.3 Å². The molecule has 0 unspecified atom stereocenters. The first-order chi connectivity index (χ1) is 18.3. The van der Waals surface area contributed by atoms with Crippen molar-refractivity contribution < 1.29 is 18.9 Å². The second-order valence-electron chi connectivity index (χ2n) is 9.30. The van der Waals surface area contributed by atoms with Gasteiger partial charge in [0.15, 0.2) is 5.76 Å². The summed E-state index contributed by atoms with van der Waals surface area (Å²) in [6.07, 6.45) is 3.19. The second kappa shape index (κ2) is 12.1. The SMILES string of the molecule is Cc1ccc(C(=O)N2CCC(c3ccc(C#N)cc3)CC2)cc1NC(=O)NCCC(=O)Nc1cnoc1C. The Labute approximate surface area is 221 Å². The van der Waals surface area contributed by atoms with E-state index in [0.717, 1.165) is 18.4 Å². The quantitative estimate of drug-likeness (QED) is 0.429. The molecule has 2 heterocycles. The van der Waals surface area contributed by atoms with Gasteiger partial charge in [-0.05, 0) is 68.0 Å². The molecule has 1 fully saturated rings. The highest BCUT2D eigenvalue weighted by Gasteiger charge is 2.25. The van der Waals surface area contributed by atoms with Crippen LogP contribution in [0.5, 0.6) is 0 Å². The minimum Gasteiger partial charge on any atom is -0.359 e. The van der Waals surface area contributed by atoms with E-state index in [-0.39, 0.29) is 24.8 Å². The van der Waals surface area contributed by atoms with Crippen LogP contribution >= 0.6 is 0 Å². The first-order valence-electron chi connectivity index (χ1n) is 12.5. The number of rotatable bonds is 7. The Hall–Kier alpha value is -4.65. The van der Waals surface area contributed by atoms with Gasteiger partial charge < -0.3 is 25.4 Å². The van der Waals surface area contributed by atoms with Gasteiger partial charge in [-0.2, -0.15) is 5.26 Å². The van der Waals surface area contributed by atoms with Gasteiger partial charge in [-0.25, -0.2) is 4.79 Å². The molecule has 1 aliphatic rings. The Morgan fingerprint density at radius 1 is 1.05 bits per heavy atom. The van der Waals surface area contributed by atoms with Crippen LogP contribution in [0.1, 0.15) is 58.0 Å². The molecule has 3 aromatic rings. The van der Waals surface area contributed by atoms with Crippen LogP contribution in [0.4, 0.5) is 16.2 Å². The van der Waals surface area contributed by atoms with Gasteiger partial charge in [0.05, 0.1) is 17.8 Å². The third-order valence-corrected chi connectivity index (χ3v) is 6.69. The number of urea groups is 1. The molecule has 0 spiro atoms. The molecule has 4 amide bonds. The van der Waals surface area contributed by atoms with Gasteiger partial charge in [0, 0.05) is 37.3 Å². The monoisotopic (exact) mass is 514 g/mol. The second-order valence-corrected chi connectivity index (χ2v) is 9.30. The van der Waals surface area contributed by atoms with Crippen molar-refractivity contribution in [3.05, 3.63) is 76.7 Å². The fraction of sp³-hybridized carbons (Fsp3) is 0.321. The molecule has 1 saturated heterocycles. The van der Waals surface area contributed by atoms with E-state index in [1.165, 1.54) is 11.8 Å². The molecule has 3 N–H and O–H groups in total. The van der Waals surface area contributed by atoms with Gasteiger partial charge in [0.2, 0.25) is 5.91 Å². The number of nitriles is 1. The lowest BCUT2D eigenvalue weighted by Gasteiger charge is -2.32. The summed E-state index contributed by atoms with van der Waals surface area (Å²) in [7, 11) is 0. The van der Waals surface area contributed by atoms with E-state index in [1.807, 2.05) is 36.1 Å². The number of aryl methyl sites for hydroxylation is 2. The smallest absolute Gasteiger partial charge is 0.319 e. The highest BCUT2D eigenvalue weighted by atomic mass is 16.5. The van der Waals surface area contributed by atoms with Crippen LogP contribution in [0.25, 0.3) is 0 Å². The predicted molar refractivity (Wildman–Crippen MR) is 142 cm³/mol. The first-order valence-corrected chi connectivity index (χ1v) is 12.5. The molecule has 10 heteroatoms. The van der Waals surface area contributed by atoms with Crippen molar-refractivity contribution in [3.8, 4) is 6.07 Å². The molecular formula is C28H30N6O4. The third kappa shape index (κ3) is 6.56. The van der Waals surface area contributed by atoms with E-state index in [9.17, 15) is 14.4 Å². The number of benzene rings is 2. The fourth-order valence-corrected chi connectivity index (χ4v) is 4.41. The number of hydrogen-bond donors (Lipinski definition) is 3. The zero-order valence-corrected chi connectivity index (χ0v) is 21.4. The lowest BCUT2D eigenvalue weighted by atomic mass is 9.89. The summed E-state index contributed by atoms with van der Waals surface area (Å²) in [6, 6.07) is 14.6. The Kier molecular flexibility index (Phi) is 8.38. The number of likely N-dealkylation sites (tertiary alicyclic amines) is 1. The number of nitrogens with zero attached hydrogens (tertiary/aromatic N) is 3. The Morgan fingerprint density at radius 3 is 2.45 bits per heavy atom. The van der Waals surface area contributed by atoms with Crippen LogP contribution in [0.3, 0.4) is 0 Å². The molecule has 196 valence electrons. The van der Waals surface area contributed by atoms with Gasteiger partial charge in [0.25, 0.3) is 5.91 Å². The van der Waals surface area contributed by atoms with E-state index >= 15 is 0 Å². The summed E-state index contributed by atoms with van der Waals surface area (Å²) in [6.45, 7) is 4.94. The van der Waals surface area contributed by atoms with Crippen molar-refractivity contribution in [2.24, 2.45) is 0 Å². The highest BCUT2D eigenvalue weighted by Crippen LogP contribution is 2.29. The molecule has 0 bridgehead atoms. The number of aromatic nitrogens is 1. The number of anilines is 2. The summed E-state index contributed by atoms with van der Waals surface area (Å²) < 4.78 is 4.90. The standard InChI is InChI=1S/C28H30N6O4/c1-18-3-6-23(27(36)34-13-10-22(11-14-34)21-7-4-20(16-29)5-8-21)15-24(18)33-28(37)30-12-9-26(35)32-25-17-31-38-19(25)2/h3-8,15,17,22H,9-14H2,1-2H3,(H,32,35)(H2,30,33,37). The molecule has 1 aliphatic heterocycles. The van der Waals surface area contributed by atoms with Crippen molar-refractivity contribution in [2.45, 2.75) is 39.0 Å². The van der Waals surface area contributed by atoms with Crippen molar-refractivity contribution in [1.29, 1.82) is 5.26 Å². The van der Waals surface area contributed by atoms with Gasteiger partial charge >= 0.3 is 6.03 Å². The van der Waals surface area contributed by atoms with Crippen LogP contribution in [-0.4, -0.2) is 47.5 Å². The lowest BCUT2D eigenvalue weighted by Crippen LogP contribution is -2.38. The fourth-order valence-electron chi connectivity index (χ4n) is 4.41. The Balaban J connectivity index is 1.27. The molecule has 2 aromatic carbocycles. The highest BCUT2D eigenvalue weighted by molar-refractivity contribution is 5.97. The van der Waals surface area contributed by atoms with Gasteiger partial charge in [-0.1, -0.05) is 23.4 Å². The average Bonchev–Trinajstić information content (AvgIpc) is 3.33.